The smallest absolute Gasteiger partial charge is 0.215 e. The number of aryl methyl sites for hydroxylation is 1. The molecule has 2 heteroatoms. The summed E-state index contributed by atoms with van der Waals surface area (Å²) in [5.74, 6) is 0.773. The second-order valence-corrected chi connectivity index (χ2v) is 5.68. The van der Waals surface area contributed by atoms with E-state index in [0.717, 1.165) is 5.92 Å². The van der Waals surface area contributed by atoms with Gasteiger partial charge in [0.2, 0.25) is 5.71 Å². The zero-order chi connectivity index (χ0) is 13.4. The van der Waals surface area contributed by atoms with Gasteiger partial charge in [-0.1, -0.05) is 18.2 Å². The monoisotopic (exact) mass is 253 g/mol. The first-order valence-corrected chi connectivity index (χ1v) is 6.92. The van der Waals surface area contributed by atoms with Crippen LogP contribution in [0.1, 0.15) is 35.4 Å². The quantitative estimate of drug-likeness (QED) is 0.587. The maximum Gasteiger partial charge on any atom is 0.215 e. The van der Waals surface area contributed by atoms with E-state index in [0.29, 0.717) is 0 Å². The molecule has 1 aliphatic rings. The molecule has 2 aromatic rings. The third-order valence-corrected chi connectivity index (χ3v) is 3.75. The van der Waals surface area contributed by atoms with Crippen LogP contribution in [0.15, 0.2) is 42.7 Å². The number of hydrogen-bond donors (Lipinski definition) is 0. The fourth-order valence-corrected chi connectivity index (χ4v) is 2.77. The highest BCUT2D eigenvalue weighted by molar-refractivity contribution is 6.10. The molecule has 98 valence electrons. The predicted octanol–water partition coefficient (Wildman–Crippen LogP) is 3.01. The van der Waals surface area contributed by atoms with Crippen LogP contribution in [0.5, 0.6) is 0 Å². The Bertz CT molecular complexity index is 612. The van der Waals surface area contributed by atoms with Crippen LogP contribution in [0.4, 0.5) is 0 Å². The molecule has 0 amide bonds. The summed E-state index contributed by atoms with van der Waals surface area (Å²) in [5.41, 5.74) is 5.51. The summed E-state index contributed by atoms with van der Waals surface area (Å²) >= 11 is 0. The van der Waals surface area contributed by atoms with E-state index in [4.69, 9.17) is 0 Å². The highest BCUT2D eigenvalue weighted by Crippen LogP contribution is 2.42. The minimum Gasteiger partial charge on any atom is -0.356 e. The van der Waals surface area contributed by atoms with Crippen LogP contribution in [0.3, 0.4) is 0 Å². The Kier molecular flexibility index (Phi) is 3.02. The molecule has 0 N–H and O–H groups in total. The second kappa shape index (κ2) is 4.69. The summed E-state index contributed by atoms with van der Waals surface area (Å²) < 4.78 is 4.42. The number of nitrogens with zero attached hydrogens (tertiary/aromatic N) is 2. The highest BCUT2D eigenvalue weighted by atomic mass is 15.0. The normalized spacial score (nSPS) is 14.5. The summed E-state index contributed by atoms with van der Waals surface area (Å²) in [6.07, 6.45) is 7.23. The van der Waals surface area contributed by atoms with Gasteiger partial charge in [-0.3, -0.25) is 0 Å². The van der Waals surface area contributed by atoms with E-state index in [1.54, 1.807) is 0 Å². The molecule has 0 atom stereocenters. The summed E-state index contributed by atoms with van der Waals surface area (Å²) in [6.45, 7) is 0. The molecular weight excluding hydrogens is 232 g/mol. The van der Waals surface area contributed by atoms with E-state index < -0.39 is 0 Å². The molecule has 1 fully saturated rings. The summed E-state index contributed by atoms with van der Waals surface area (Å²) in [7, 11) is 6.38. The lowest BCUT2D eigenvalue weighted by Crippen LogP contribution is -2.17. The summed E-state index contributed by atoms with van der Waals surface area (Å²) in [6, 6.07) is 10.7. The van der Waals surface area contributed by atoms with E-state index in [9.17, 15) is 0 Å². The molecule has 0 saturated heterocycles. The van der Waals surface area contributed by atoms with Gasteiger partial charge in [-0.15, -0.1) is 0 Å². The molecule has 1 heterocycles. The van der Waals surface area contributed by atoms with Crippen molar-refractivity contribution in [3.05, 3.63) is 59.4 Å². The van der Waals surface area contributed by atoms with Crippen LogP contribution >= 0.6 is 0 Å². The van der Waals surface area contributed by atoms with Gasteiger partial charge in [0.1, 0.15) is 14.1 Å². The van der Waals surface area contributed by atoms with Crippen LogP contribution in [0, 0.1) is 0 Å². The zero-order valence-corrected chi connectivity index (χ0v) is 11.9. The van der Waals surface area contributed by atoms with Crippen LogP contribution in [-0.2, 0) is 7.05 Å². The molecule has 0 unspecified atom stereocenters. The summed E-state index contributed by atoms with van der Waals surface area (Å²) in [4.78, 5) is 0. The average Bonchev–Trinajstić information content (AvgIpc) is 3.15. The minimum absolute atomic E-state index is 0.773. The van der Waals surface area contributed by atoms with E-state index in [-0.39, 0.29) is 0 Å². The van der Waals surface area contributed by atoms with Crippen molar-refractivity contribution in [3.8, 4) is 0 Å². The second-order valence-electron chi connectivity index (χ2n) is 5.68. The van der Waals surface area contributed by atoms with Crippen molar-refractivity contribution in [1.82, 2.24) is 4.57 Å². The van der Waals surface area contributed by atoms with Crippen molar-refractivity contribution in [2.24, 2.45) is 7.05 Å². The number of benzene rings is 1. The summed E-state index contributed by atoms with van der Waals surface area (Å²) in [5, 5.41) is 0. The van der Waals surface area contributed by atoms with E-state index >= 15 is 0 Å². The van der Waals surface area contributed by atoms with Crippen LogP contribution < -0.4 is 0 Å². The first kappa shape index (κ1) is 12.2. The number of hydrogen-bond acceptors (Lipinski definition) is 0. The largest absolute Gasteiger partial charge is 0.356 e. The molecule has 0 bridgehead atoms. The first-order valence-electron chi connectivity index (χ1n) is 6.92. The van der Waals surface area contributed by atoms with Crippen LogP contribution in [0.2, 0.25) is 0 Å². The molecule has 0 spiro atoms. The Morgan fingerprint density at radius 3 is 2.37 bits per heavy atom. The molecule has 0 radical (unpaired) electrons. The molecule has 1 aromatic carbocycles. The molecule has 1 aliphatic carbocycles. The lowest BCUT2D eigenvalue weighted by Gasteiger charge is -2.05. The van der Waals surface area contributed by atoms with E-state index in [1.807, 2.05) is 0 Å². The fourth-order valence-electron chi connectivity index (χ4n) is 2.77. The molecular formula is C17H21N2+. The van der Waals surface area contributed by atoms with Gasteiger partial charge in [-0.25, -0.2) is 4.58 Å². The minimum atomic E-state index is 0.773. The van der Waals surface area contributed by atoms with Gasteiger partial charge in [0.15, 0.2) is 0 Å². The van der Waals surface area contributed by atoms with Crippen molar-refractivity contribution < 1.29 is 4.58 Å². The Balaban J connectivity index is 2.15. The first-order chi connectivity index (χ1) is 9.16. The lowest BCUT2D eigenvalue weighted by molar-refractivity contribution is -0.463. The molecule has 1 saturated carbocycles. The van der Waals surface area contributed by atoms with Crippen molar-refractivity contribution in [2.45, 2.75) is 18.8 Å². The van der Waals surface area contributed by atoms with Gasteiger partial charge in [-0.2, -0.15) is 0 Å². The van der Waals surface area contributed by atoms with Crippen molar-refractivity contribution >= 4 is 5.71 Å². The Hall–Kier alpha value is -1.83. The predicted molar refractivity (Wildman–Crippen MR) is 79.1 cm³/mol. The van der Waals surface area contributed by atoms with E-state index in [1.165, 1.54) is 35.2 Å². The topological polar surface area (TPSA) is 7.94 Å². The van der Waals surface area contributed by atoms with Gasteiger partial charge in [-0.05, 0) is 36.5 Å². The average molecular weight is 253 g/mol. The lowest BCUT2D eigenvalue weighted by atomic mass is 9.99. The zero-order valence-electron chi connectivity index (χ0n) is 11.9. The number of aromatic nitrogens is 1. The van der Waals surface area contributed by atoms with Gasteiger partial charge < -0.3 is 4.57 Å². The van der Waals surface area contributed by atoms with Crippen LogP contribution in [0.25, 0.3) is 0 Å². The van der Waals surface area contributed by atoms with Gasteiger partial charge in [0.05, 0.1) is 5.56 Å². The third kappa shape index (κ3) is 2.35. The van der Waals surface area contributed by atoms with Crippen LogP contribution in [-0.4, -0.2) is 28.9 Å². The van der Waals surface area contributed by atoms with Gasteiger partial charge in [0, 0.05) is 25.0 Å². The van der Waals surface area contributed by atoms with Gasteiger partial charge >= 0.3 is 0 Å². The number of rotatable bonds is 3. The third-order valence-electron chi connectivity index (χ3n) is 3.75. The SMILES string of the molecule is Cn1cc(C(c2ccccc2)=[N+](C)C)c(C2CC2)c1. The maximum atomic E-state index is 2.29. The van der Waals surface area contributed by atoms with E-state index in [2.05, 4.69) is 73.0 Å². The Labute approximate surface area is 115 Å². The fraction of sp³-hybridized carbons (Fsp3) is 0.353. The highest BCUT2D eigenvalue weighted by Gasteiger charge is 2.31. The van der Waals surface area contributed by atoms with Gasteiger partial charge in [0.25, 0.3) is 0 Å². The molecule has 3 rings (SSSR count). The Morgan fingerprint density at radius 2 is 1.79 bits per heavy atom. The van der Waals surface area contributed by atoms with Crippen molar-refractivity contribution in [3.63, 3.8) is 0 Å². The van der Waals surface area contributed by atoms with Crippen molar-refractivity contribution in [1.29, 1.82) is 0 Å². The molecule has 19 heavy (non-hydrogen) atoms. The molecule has 2 nitrogen and oxygen atoms in total. The molecule has 0 aliphatic heterocycles. The van der Waals surface area contributed by atoms with Crippen molar-refractivity contribution in [2.75, 3.05) is 14.1 Å². The standard InChI is InChI=1S/C17H21N2/c1-18(2)17(14-7-5-4-6-8-14)16-12-19(3)11-15(16)13-9-10-13/h4-8,11-13H,9-10H2,1-3H3/q+1. The Morgan fingerprint density at radius 1 is 1.11 bits per heavy atom. The maximum absolute atomic E-state index is 2.29. The molecule has 1 aromatic heterocycles.